The molecule has 6 heteroatoms. The van der Waals surface area contributed by atoms with Crippen LogP contribution in [0.15, 0.2) is 24.3 Å². The van der Waals surface area contributed by atoms with Gasteiger partial charge in [-0.3, -0.25) is 9.59 Å². The molecule has 24 heavy (non-hydrogen) atoms. The molecule has 2 aliphatic heterocycles. The molecular weight excluding hydrogens is 324 g/mol. The van der Waals surface area contributed by atoms with Crippen LogP contribution in [-0.2, 0) is 16.0 Å². The summed E-state index contributed by atoms with van der Waals surface area (Å²) in [6.45, 7) is 2.77. The van der Waals surface area contributed by atoms with Gasteiger partial charge in [0.1, 0.15) is 0 Å². The normalized spacial score (nSPS) is 26.8. The summed E-state index contributed by atoms with van der Waals surface area (Å²) in [5.41, 5.74) is 1.28. The summed E-state index contributed by atoms with van der Waals surface area (Å²) in [5.74, 6) is 1.08. The molecule has 0 bridgehead atoms. The number of carbonyl (C=O) groups excluding carboxylic acids is 2. The van der Waals surface area contributed by atoms with Crippen LogP contribution in [0.2, 0.25) is 0 Å². The molecule has 5 nitrogen and oxygen atoms in total. The number of hydrogen-bond donors (Lipinski definition) is 2. The zero-order valence-electron chi connectivity index (χ0n) is 14.0. The number of carbonyl (C=O) groups is 2. The Kier molecular flexibility index (Phi) is 5.15. The second kappa shape index (κ2) is 7.15. The summed E-state index contributed by atoms with van der Waals surface area (Å²) in [5, 5.41) is 13.1. The largest absolute Gasteiger partial charge is 0.387 e. The fraction of sp³-hybridized carbons (Fsp3) is 0.556. The molecule has 1 aromatic carbocycles. The van der Waals surface area contributed by atoms with Crippen molar-refractivity contribution in [1.29, 1.82) is 0 Å². The molecular formula is C18H24N2O3S. The van der Waals surface area contributed by atoms with Crippen LogP contribution in [0, 0.1) is 5.92 Å². The zero-order chi connectivity index (χ0) is 17.2. The van der Waals surface area contributed by atoms with Gasteiger partial charge >= 0.3 is 0 Å². The van der Waals surface area contributed by atoms with E-state index in [9.17, 15) is 14.7 Å². The highest BCUT2D eigenvalue weighted by Gasteiger charge is 2.37. The Balaban J connectivity index is 1.58. The number of thioether (sulfide) groups is 1. The standard InChI is InChI=1S/C18H24N2O3S/c1-2-13-3-5-15(6-4-13)20-10-14(9-16(20)21)17(22)19-11-18(23)7-8-24-12-18/h3-6,14,23H,2,7-12H2,1H3,(H,19,22)/t14-,18+/m0/s1. The van der Waals surface area contributed by atoms with Gasteiger partial charge in [0, 0.05) is 31.0 Å². The monoisotopic (exact) mass is 348 g/mol. The van der Waals surface area contributed by atoms with E-state index in [2.05, 4.69) is 12.2 Å². The van der Waals surface area contributed by atoms with Crippen molar-refractivity contribution in [3.05, 3.63) is 29.8 Å². The van der Waals surface area contributed by atoms with Crippen molar-refractivity contribution in [3.8, 4) is 0 Å². The number of aliphatic hydroxyl groups is 1. The highest BCUT2D eigenvalue weighted by molar-refractivity contribution is 7.99. The van der Waals surface area contributed by atoms with Crippen molar-refractivity contribution in [1.82, 2.24) is 5.32 Å². The summed E-state index contributed by atoms with van der Waals surface area (Å²) >= 11 is 1.70. The Labute approximate surface area is 146 Å². The Bertz CT molecular complexity index is 611. The van der Waals surface area contributed by atoms with Gasteiger partial charge in [-0.25, -0.2) is 0 Å². The summed E-state index contributed by atoms with van der Waals surface area (Å²) in [7, 11) is 0. The van der Waals surface area contributed by atoms with Crippen molar-refractivity contribution in [3.63, 3.8) is 0 Å². The lowest BCUT2D eigenvalue weighted by Crippen LogP contribution is -2.45. The number of benzene rings is 1. The topological polar surface area (TPSA) is 69.6 Å². The summed E-state index contributed by atoms with van der Waals surface area (Å²) in [6, 6.07) is 7.91. The molecule has 3 rings (SSSR count). The van der Waals surface area contributed by atoms with Crippen LogP contribution < -0.4 is 10.2 Å². The van der Waals surface area contributed by atoms with E-state index in [1.54, 1.807) is 16.7 Å². The Morgan fingerprint density at radius 2 is 2.17 bits per heavy atom. The van der Waals surface area contributed by atoms with E-state index in [0.717, 1.165) is 17.9 Å². The van der Waals surface area contributed by atoms with E-state index >= 15 is 0 Å². The van der Waals surface area contributed by atoms with Crippen molar-refractivity contribution in [2.45, 2.75) is 31.8 Å². The number of aryl methyl sites for hydroxylation is 1. The highest BCUT2D eigenvalue weighted by Crippen LogP contribution is 2.28. The Morgan fingerprint density at radius 1 is 1.42 bits per heavy atom. The quantitative estimate of drug-likeness (QED) is 0.848. The molecule has 0 unspecified atom stereocenters. The van der Waals surface area contributed by atoms with E-state index in [0.29, 0.717) is 18.7 Å². The fourth-order valence-electron chi connectivity index (χ4n) is 3.18. The first-order valence-electron chi connectivity index (χ1n) is 8.48. The van der Waals surface area contributed by atoms with Crippen LogP contribution in [0.3, 0.4) is 0 Å². The van der Waals surface area contributed by atoms with E-state index in [-0.39, 0.29) is 30.7 Å². The Morgan fingerprint density at radius 3 is 2.79 bits per heavy atom. The predicted molar refractivity (Wildman–Crippen MR) is 96.2 cm³/mol. The van der Waals surface area contributed by atoms with E-state index < -0.39 is 5.60 Å². The molecule has 2 aliphatic rings. The first kappa shape index (κ1) is 17.3. The van der Waals surface area contributed by atoms with Crippen LogP contribution in [0.5, 0.6) is 0 Å². The van der Waals surface area contributed by atoms with Gasteiger partial charge in [-0.05, 0) is 36.3 Å². The maximum absolute atomic E-state index is 12.4. The SMILES string of the molecule is CCc1ccc(N2C[C@@H](C(=O)NC[C@]3(O)CCSC3)CC2=O)cc1. The lowest BCUT2D eigenvalue weighted by atomic mass is 10.0. The number of nitrogens with zero attached hydrogens (tertiary/aromatic N) is 1. The smallest absolute Gasteiger partial charge is 0.227 e. The minimum Gasteiger partial charge on any atom is -0.387 e. The average molecular weight is 348 g/mol. The van der Waals surface area contributed by atoms with Crippen molar-refractivity contribution < 1.29 is 14.7 Å². The van der Waals surface area contributed by atoms with Gasteiger partial charge in [-0.2, -0.15) is 11.8 Å². The summed E-state index contributed by atoms with van der Waals surface area (Å²) < 4.78 is 0. The molecule has 0 spiro atoms. The lowest BCUT2D eigenvalue weighted by molar-refractivity contribution is -0.127. The number of hydrogen-bond acceptors (Lipinski definition) is 4. The second-order valence-corrected chi connectivity index (χ2v) is 7.78. The molecule has 130 valence electrons. The maximum atomic E-state index is 12.4. The minimum atomic E-state index is -0.793. The molecule has 2 heterocycles. The maximum Gasteiger partial charge on any atom is 0.227 e. The van der Waals surface area contributed by atoms with Gasteiger partial charge < -0.3 is 15.3 Å². The van der Waals surface area contributed by atoms with Gasteiger partial charge in [0.25, 0.3) is 0 Å². The fourth-order valence-corrected chi connectivity index (χ4v) is 4.47. The summed E-state index contributed by atoms with van der Waals surface area (Å²) in [4.78, 5) is 26.3. The van der Waals surface area contributed by atoms with Crippen LogP contribution in [0.4, 0.5) is 5.69 Å². The predicted octanol–water partition coefficient (Wildman–Crippen LogP) is 1.59. The number of amides is 2. The van der Waals surface area contributed by atoms with Crippen molar-refractivity contribution >= 4 is 29.3 Å². The molecule has 2 fully saturated rings. The minimum absolute atomic E-state index is 0.0190. The third-order valence-corrected chi connectivity index (χ3v) is 6.06. The third kappa shape index (κ3) is 3.75. The molecule has 2 amide bonds. The molecule has 2 atom stereocenters. The van der Waals surface area contributed by atoms with Gasteiger partial charge in [-0.15, -0.1) is 0 Å². The average Bonchev–Trinajstić information content (AvgIpc) is 3.19. The first-order chi connectivity index (χ1) is 11.5. The third-order valence-electron chi connectivity index (χ3n) is 4.83. The molecule has 0 radical (unpaired) electrons. The molecule has 2 N–H and O–H groups in total. The highest BCUT2D eigenvalue weighted by atomic mass is 32.2. The van der Waals surface area contributed by atoms with E-state index in [1.807, 2.05) is 24.3 Å². The zero-order valence-corrected chi connectivity index (χ0v) is 14.8. The van der Waals surface area contributed by atoms with Gasteiger partial charge in [-0.1, -0.05) is 19.1 Å². The molecule has 0 aliphatic carbocycles. The number of anilines is 1. The number of rotatable bonds is 5. The van der Waals surface area contributed by atoms with Crippen LogP contribution in [0.1, 0.15) is 25.3 Å². The van der Waals surface area contributed by atoms with E-state index in [1.165, 1.54) is 5.56 Å². The second-order valence-electron chi connectivity index (χ2n) is 6.67. The molecule has 0 saturated carbocycles. The lowest BCUT2D eigenvalue weighted by Gasteiger charge is -2.22. The van der Waals surface area contributed by atoms with Crippen molar-refractivity contribution in [2.75, 3.05) is 29.5 Å². The van der Waals surface area contributed by atoms with Crippen LogP contribution in [-0.4, -0.2) is 47.1 Å². The first-order valence-corrected chi connectivity index (χ1v) is 9.63. The van der Waals surface area contributed by atoms with Gasteiger partial charge in [0.15, 0.2) is 0 Å². The number of nitrogens with one attached hydrogen (secondary N) is 1. The van der Waals surface area contributed by atoms with E-state index in [4.69, 9.17) is 0 Å². The molecule has 1 aromatic rings. The van der Waals surface area contributed by atoms with Crippen LogP contribution in [0.25, 0.3) is 0 Å². The van der Waals surface area contributed by atoms with Gasteiger partial charge in [0.2, 0.25) is 11.8 Å². The van der Waals surface area contributed by atoms with Gasteiger partial charge in [0.05, 0.1) is 11.5 Å². The Hall–Kier alpha value is -1.53. The molecule has 0 aromatic heterocycles. The van der Waals surface area contributed by atoms with Crippen LogP contribution >= 0.6 is 11.8 Å². The summed E-state index contributed by atoms with van der Waals surface area (Å²) in [6.07, 6.45) is 1.90. The van der Waals surface area contributed by atoms with Crippen molar-refractivity contribution in [2.24, 2.45) is 5.92 Å². The molecule has 2 saturated heterocycles.